The van der Waals surface area contributed by atoms with E-state index >= 15 is 0 Å². The Morgan fingerprint density at radius 1 is 1.24 bits per heavy atom. The third-order valence-electron chi connectivity index (χ3n) is 3.75. The van der Waals surface area contributed by atoms with E-state index < -0.39 is 0 Å². The molecule has 0 spiro atoms. The predicted octanol–water partition coefficient (Wildman–Crippen LogP) is 5.18. The minimum atomic E-state index is 0. The Labute approximate surface area is 143 Å². The number of nitrogens with zero attached hydrogens (tertiary/aromatic N) is 2. The van der Waals surface area contributed by atoms with Gasteiger partial charge >= 0.3 is 0 Å². The summed E-state index contributed by atoms with van der Waals surface area (Å²) in [6, 6.07) is 12.5. The molecule has 108 valence electrons. The van der Waals surface area contributed by atoms with Crippen molar-refractivity contribution >= 4 is 62.0 Å². The van der Waals surface area contributed by atoms with Gasteiger partial charge in [-0.3, -0.25) is 4.99 Å². The van der Waals surface area contributed by atoms with E-state index in [-0.39, 0.29) is 17.0 Å². The highest BCUT2D eigenvalue weighted by atomic mass is 79.9. The molecule has 5 heteroatoms. The number of benzene rings is 2. The maximum Gasteiger partial charge on any atom is 0.168 e. The molecule has 0 amide bonds. The van der Waals surface area contributed by atoms with Crippen molar-refractivity contribution in [2.45, 2.75) is 6.92 Å². The fourth-order valence-corrected chi connectivity index (χ4v) is 4.11. The van der Waals surface area contributed by atoms with Crippen molar-refractivity contribution in [3.05, 3.63) is 51.9 Å². The van der Waals surface area contributed by atoms with E-state index in [1.54, 1.807) is 11.8 Å². The predicted molar refractivity (Wildman–Crippen MR) is 98.5 cm³/mol. The highest BCUT2D eigenvalue weighted by Crippen LogP contribution is 2.43. The Balaban J connectivity index is 0.00000132. The van der Waals surface area contributed by atoms with Crippen molar-refractivity contribution in [3.63, 3.8) is 0 Å². The van der Waals surface area contributed by atoms with Gasteiger partial charge in [-0.05, 0) is 29.8 Å². The van der Waals surface area contributed by atoms with Crippen molar-refractivity contribution in [3.8, 4) is 0 Å². The maximum atomic E-state index is 6.10. The van der Waals surface area contributed by atoms with Crippen LogP contribution in [0.3, 0.4) is 0 Å². The van der Waals surface area contributed by atoms with Gasteiger partial charge in [-0.15, -0.1) is 17.0 Å². The van der Waals surface area contributed by atoms with Gasteiger partial charge in [-0.2, -0.15) is 0 Å². The summed E-state index contributed by atoms with van der Waals surface area (Å²) < 4.78 is 0. The van der Waals surface area contributed by atoms with Crippen molar-refractivity contribution in [1.29, 1.82) is 0 Å². The van der Waals surface area contributed by atoms with Gasteiger partial charge in [0.25, 0.3) is 0 Å². The Morgan fingerprint density at radius 3 is 2.95 bits per heavy atom. The first-order valence-electron chi connectivity index (χ1n) is 6.63. The highest BCUT2D eigenvalue weighted by molar-refractivity contribution is 8.93. The van der Waals surface area contributed by atoms with Gasteiger partial charge in [0.15, 0.2) is 5.17 Å². The quantitative estimate of drug-likeness (QED) is 0.676. The molecule has 4 rings (SSSR count). The zero-order valence-corrected chi connectivity index (χ0v) is 14.8. The van der Waals surface area contributed by atoms with Crippen LogP contribution < -0.4 is 0 Å². The summed E-state index contributed by atoms with van der Waals surface area (Å²) >= 11 is 7.88. The summed E-state index contributed by atoms with van der Waals surface area (Å²) in [4.78, 5) is 8.22. The number of rotatable bonds is 1. The SMILES string of the molecule is Br.CC1=C(c2cccc3cc(Cl)ccc23)N2CCN=C2S1. The van der Waals surface area contributed by atoms with Crippen molar-refractivity contribution < 1.29 is 0 Å². The van der Waals surface area contributed by atoms with E-state index in [2.05, 4.69) is 41.1 Å². The average molecular weight is 382 g/mol. The lowest BCUT2D eigenvalue weighted by atomic mass is 10.0. The van der Waals surface area contributed by atoms with Gasteiger partial charge in [0.1, 0.15) is 0 Å². The molecular weight excluding hydrogens is 368 g/mol. The summed E-state index contributed by atoms with van der Waals surface area (Å²) in [6.45, 7) is 4.06. The number of hydrogen-bond donors (Lipinski definition) is 0. The Bertz CT molecular complexity index is 785. The molecule has 2 aliphatic heterocycles. The number of thioether (sulfide) groups is 1. The lowest BCUT2D eigenvalue weighted by Crippen LogP contribution is -2.20. The largest absolute Gasteiger partial charge is 0.318 e. The minimum absolute atomic E-state index is 0. The molecule has 0 N–H and O–H groups in total. The third kappa shape index (κ3) is 2.39. The zero-order valence-electron chi connectivity index (χ0n) is 11.5. The molecule has 0 aromatic heterocycles. The number of allylic oxidation sites excluding steroid dienone is 1. The fraction of sp³-hybridized carbons (Fsp3) is 0.188. The van der Waals surface area contributed by atoms with Crippen LogP contribution in [-0.2, 0) is 0 Å². The van der Waals surface area contributed by atoms with E-state index in [0.717, 1.165) is 23.3 Å². The number of amidine groups is 1. The third-order valence-corrected chi connectivity index (χ3v) is 5.01. The van der Waals surface area contributed by atoms with E-state index in [0.29, 0.717) is 0 Å². The van der Waals surface area contributed by atoms with Gasteiger partial charge in [0, 0.05) is 22.0 Å². The van der Waals surface area contributed by atoms with Crippen LogP contribution in [-0.4, -0.2) is 23.2 Å². The number of fused-ring (bicyclic) bond motifs is 2. The molecule has 0 bridgehead atoms. The molecule has 0 aliphatic carbocycles. The average Bonchev–Trinajstić information content (AvgIpc) is 2.97. The van der Waals surface area contributed by atoms with E-state index in [9.17, 15) is 0 Å². The Morgan fingerprint density at radius 2 is 2.10 bits per heavy atom. The topological polar surface area (TPSA) is 15.6 Å². The lowest BCUT2D eigenvalue weighted by molar-refractivity contribution is 0.648. The molecule has 21 heavy (non-hydrogen) atoms. The van der Waals surface area contributed by atoms with Gasteiger partial charge in [-0.1, -0.05) is 47.6 Å². The van der Waals surface area contributed by atoms with Crippen LogP contribution in [0.15, 0.2) is 46.3 Å². The summed E-state index contributed by atoms with van der Waals surface area (Å²) in [5, 5.41) is 4.36. The van der Waals surface area contributed by atoms with Gasteiger partial charge in [0.2, 0.25) is 0 Å². The second-order valence-corrected chi connectivity index (χ2v) is 6.61. The van der Waals surface area contributed by atoms with Crippen molar-refractivity contribution in [2.24, 2.45) is 4.99 Å². The van der Waals surface area contributed by atoms with Crippen LogP contribution in [0.1, 0.15) is 12.5 Å². The molecule has 2 heterocycles. The Kier molecular flexibility index (Phi) is 4.04. The van der Waals surface area contributed by atoms with Crippen LogP contribution in [0.4, 0.5) is 0 Å². The van der Waals surface area contributed by atoms with Crippen LogP contribution in [0.2, 0.25) is 5.02 Å². The van der Waals surface area contributed by atoms with Crippen molar-refractivity contribution in [2.75, 3.05) is 13.1 Å². The second kappa shape index (κ2) is 5.67. The molecule has 0 saturated carbocycles. The summed E-state index contributed by atoms with van der Waals surface area (Å²) in [5.74, 6) is 0. The van der Waals surface area contributed by atoms with Gasteiger partial charge < -0.3 is 4.90 Å². The van der Waals surface area contributed by atoms with E-state index in [1.165, 1.54) is 26.9 Å². The molecule has 0 radical (unpaired) electrons. The van der Waals surface area contributed by atoms with E-state index in [4.69, 9.17) is 11.6 Å². The first kappa shape index (κ1) is 14.9. The molecule has 0 saturated heterocycles. The fourth-order valence-electron chi connectivity index (χ4n) is 2.89. The molecule has 2 aromatic carbocycles. The standard InChI is InChI=1S/C16H13ClN2S.BrH/c1-10-15(19-8-7-18-16(19)20-10)14-4-2-3-11-9-12(17)5-6-13(11)14;/h2-6,9H,7-8H2,1H3;1H. The highest BCUT2D eigenvalue weighted by Gasteiger charge is 2.31. The van der Waals surface area contributed by atoms with Gasteiger partial charge in [-0.25, -0.2) is 0 Å². The van der Waals surface area contributed by atoms with Crippen LogP contribution in [0.5, 0.6) is 0 Å². The number of aliphatic imine (C=N–C) groups is 1. The van der Waals surface area contributed by atoms with Crippen LogP contribution in [0.25, 0.3) is 16.5 Å². The maximum absolute atomic E-state index is 6.10. The smallest absolute Gasteiger partial charge is 0.168 e. The molecule has 2 aliphatic rings. The monoisotopic (exact) mass is 380 g/mol. The van der Waals surface area contributed by atoms with Gasteiger partial charge in [0.05, 0.1) is 12.2 Å². The van der Waals surface area contributed by atoms with Crippen LogP contribution >= 0.6 is 40.3 Å². The summed E-state index contributed by atoms with van der Waals surface area (Å²) in [5.41, 5.74) is 2.58. The first-order chi connectivity index (χ1) is 9.74. The molecule has 2 aromatic rings. The molecule has 0 atom stereocenters. The van der Waals surface area contributed by atoms with Crippen molar-refractivity contribution in [1.82, 2.24) is 4.90 Å². The molecule has 0 fully saturated rings. The molecular formula is C16H14BrClN2S. The summed E-state index contributed by atoms with van der Waals surface area (Å²) in [6.07, 6.45) is 0. The number of hydrogen-bond acceptors (Lipinski definition) is 3. The normalized spacial score (nSPS) is 17.0. The zero-order chi connectivity index (χ0) is 13.7. The number of halogens is 2. The Hall–Kier alpha value is -0.970. The summed E-state index contributed by atoms with van der Waals surface area (Å²) in [7, 11) is 0. The second-order valence-electron chi connectivity index (χ2n) is 4.99. The molecule has 0 unspecified atom stereocenters. The lowest BCUT2D eigenvalue weighted by Gasteiger charge is -2.18. The molecule has 2 nitrogen and oxygen atoms in total. The minimum Gasteiger partial charge on any atom is -0.318 e. The van der Waals surface area contributed by atoms with E-state index in [1.807, 2.05) is 12.1 Å². The van der Waals surface area contributed by atoms with Crippen LogP contribution in [0, 0.1) is 0 Å². The first-order valence-corrected chi connectivity index (χ1v) is 7.83.